The number of aromatic nitrogens is 1. The van der Waals surface area contributed by atoms with Crippen molar-refractivity contribution in [1.29, 1.82) is 5.26 Å². The Kier molecular flexibility index (Phi) is 6.52. The lowest BCUT2D eigenvalue weighted by molar-refractivity contribution is -0.192. The number of halogens is 3. The van der Waals surface area contributed by atoms with Gasteiger partial charge in [-0.05, 0) is 25.2 Å². The zero-order valence-corrected chi connectivity index (χ0v) is 16.5. The first-order chi connectivity index (χ1) is 14.6. The van der Waals surface area contributed by atoms with Gasteiger partial charge in [0.05, 0.1) is 30.4 Å². The predicted molar refractivity (Wildman–Crippen MR) is 101 cm³/mol. The summed E-state index contributed by atoms with van der Waals surface area (Å²) in [6.45, 7) is 1.39. The summed E-state index contributed by atoms with van der Waals surface area (Å²) in [5, 5.41) is 16.9. The second kappa shape index (κ2) is 8.95. The fourth-order valence-electron chi connectivity index (χ4n) is 3.72. The van der Waals surface area contributed by atoms with Crippen molar-refractivity contribution in [2.45, 2.75) is 37.2 Å². The first kappa shape index (κ1) is 22.6. The predicted octanol–water partition coefficient (Wildman–Crippen LogP) is 2.69. The van der Waals surface area contributed by atoms with E-state index in [-0.39, 0.29) is 12.1 Å². The normalized spacial score (nSPS) is 23.4. The van der Waals surface area contributed by atoms with Gasteiger partial charge in [-0.1, -0.05) is 0 Å². The summed E-state index contributed by atoms with van der Waals surface area (Å²) in [6.07, 6.45) is -1.92. The van der Waals surface area contributed by atoms with E-state index in [0.717, 1.165) is 23.7 Å². The minimum atomic E-state index is -5.08. The lowest BCUT2D eigenvalue weighted by Crippen LogP contribution is -2.56. The van der Waals surface area contributed by atoms with E-state index in [2.05, 4.69) is 23.0 Å². The van der Waals surface area contributed by atoms with Crippen molar-refractivity contribution in [1.82, 2.24) is 9.88 Å². The van der Waals surface area contributed by atoms with Gasteiger partial charge < -0.3 is 19.6 Å². The van der Waals surface area contributed by atoms with Crippen LogP contribution >= 0.6 is 0 Å². The number of esters is 1. The minimum absolute atomic E-state index is 0.0864. The molecule has 4 rings (SSSR count). The number of hydrogen-bond donors (Lipinski definition) is 2. The number of carbonyl (C=O) groups excluding carboxylic acids is 1. The maximum atomic E-state index is 12.6. The van der Waals surface area contributed by atoms with Crippen molar-refractivity contribution >= 4 is 22.8 Å². The Hall–Kier alpha value is -3.10. The minimum Gasteiger partial charge on any atom is -0.475 e. The van der Waals surface area contributed by atoms with Crippen molar-refractivity contribution in [3.63, 3.8) is 0 Å². The Morgan fingerprint density at radius 2 is 1.90 bits per heavy atom. The molecule has 2 bridgehead atoms. The second-order valence-electron chi connectivity index (χ2n) is 7.39. The number of rotatable bonds is 2. The molecule has 11 heteroatoms. The molecule has 2 aliphatic rings. The van der Waals surface area contributed by atoms with Crippen LogP contribution in [0.1, 0.15) is 28.8 Å². The molecule has 2 aromatic rings. The van der Waals surface area contributed by atoms with Crippen LogP contribution in [0.3, 0.4) is 0 Å². The van der Waals surface area contributed by atoms with Gasteiger partial charge in [-0.15, -0.1) is 0 Å². The number of aliphatic carboxylic acids is 1. The van der Waals surface area contributed by atoms with Gasteiger partial charge >= 0.3 is 18.1 Å². The van der Waals surface area contributed by atoms with Crippen LogP contribution in [0.4, 0.5) is 13.2 Å². The topological polar surface area (TPSA) is 116 Å². The smallest absolute Gasteiger partial charge is 0.475 e. The number of carboxylic acid groups (broad SMARTS) is 1. The molecular weight excluding hydrogens is 419 g/mol. The van der Waals surface area contributed by atoms with Crippen LogP contribution in [-0.4, -0.2) is 71.6 Å². The first-order valence-corrected chi connectivity index (χ1v) is 9.42. The highest BCUT2D eigenvalue weighted by molar-refractivity contribution is 6.04. The van der Waals surface area contributed by atoms with Crippen LogP contribution in [0.5, 0.6) is 0 Å². The molecule has 2 aliphatic heterocycles. The molecule has 3 atom stereocenters. The van der Waals surface area contributed by atoms with E-state index in [9.17, 15) is 18.0 Å². The molecule has 0 amide bonds. The number of nitrogens with zero attached hydrogens (tertiary/aromatic N) is 2. The molecule has 1 aromatic heterocycles. The Labute approximate surface area is 175 Å². The van der Waals surface area contributed by atoms with Gasteiger partial charge in [-0.25, -0.2) is 9.59 Å². The molecule has 8 nitrogen and oxygen atoms in total. The second-order valence-corrected chi connectivity index (χ2v) is 7.39. The quantitative estimate of drug-likeness (QED) is 0.692. The molecule has 1 aromatic carbocycles. The Morgan fingerprint density at radius 1 is 1.29 bits per heavy atom. The molecule has 0 radical (unpaired) electrons. The fourth-order valence-corrected chi connectivity index (χ4v) is 3.72. The molecular formula is C20H20F3N3O5. The third-order valence-corrected chi connectivity index (χ3v) is 5.39. The Balaban J connectivity index is 0.000000339. The summed E-state index contributed by atoms with van der Waals surface area (Å²) in [4.78, 5) is 26.9. The fraction of sp³-hybridized carbons (Fsp3) is 0.450. The number of carboxylic acids is 1. The van der Waals surface area contributed by atoms with Crippen LogP contribution in [0, 0.1) is 11.3 Å². The first-order valence-electron chi connectivity index (χ1n) is 9.42. The van der Waals surface area contributed by atoms with Gasteiger partial charge in [0.1, 0.15) is 6.10 Å². The number of nitrogens with one attached hydrogen (secondary N) is 1. The van der Waals surface area contributed by atoms with Crippen LogP contribution < -0.4 is 0 Å². The number of benzene rings is 1. The van der Waals surface area contributed by atoms with E-state index < -0.39 is 12.1 Å². The number of likely N-dealkylation sites (N-methyl/N-ethyl adjacent to an activating group) is 1. The standard InChI is InChI=1S/C18H19N3O3.C2HF3O2/c1-21-12-5-14(6-13(21)10-23-9-12)24-18(22)16-8-20-17-3-2-11(7-19)4-15(16)17;3-2(4,5)1(6)7/h2-4,8,12-14,20H,5-6,9-10H2,1H3;(H,6,7)/t12-,13+,14?;. The summed E-state index contributed by atoms with van der Waals surface area (Å²) >= 11 is 0. The third-order valence-electron chi connectivity index (χ3n) is 5.39. The lowest BCUT2D eigenvalue weighted by atomic mass is 9.92. The molecule has 1 unspecified atom stereocenters. The largest absolute Gasteiger partial charge is 0.490 e. The van der Waals surface area contributed by atoms with Crippen molar-refractivity contribution in [2.24, 2.45) is 0 Å². The van der Waals surface area contributed by atoms with Crippen molar-refractivity contribution < 1.29 is 37.3 Å². The SMILES string of the molecule is CN1[C@@H]2COC[C@H]1CC(OC(=O)c1c[nH]c3ccc(C#N)cc13)C2.O=C(O)C(F)(F)F. The van der Waals surface area contributed by atoms with E-state index in [0.29, 0.717) is 36.4 Å². The number of aromatic amines is 1. The molecule has 3 heterocycles. The van der Waals surface area contributed by atoms with E-state index in [1.54, 1.807) is 18.3 Å². The van der Waals surface area contributed by atoms with Gasteiger partial charge in [0, 0.05) is 42.0 Å². The lowest BCUT2D eigenvalue weighted by Gasteiger charge is -2.46. The zero-order chi connectivity index (χ0) is 22.8. The van der Waals surface area contributed by atoms with Crippen molar-refractivity contribution in [2.75, 3.05) is 20.3 Å². The van der Waals surface area contributed by atoms with Gasteiger partial charge in [0.25, 0.3) is 0 Å². The highest BCUT2D eigenvalue weighted by Crippen LogP contribution is 2.29. The van der Waals surface area contributed by atoms with E-state index in [1.807, 2.05) is 6.07 Å². The Bertz CT molecular complexity index is 1000. The van der Waals surface area contributed by atoms with Gasteiger partial charge in [-0.2, -0.15) is 18.4 Å². The van der Waals surface area contributed by atoms with E-state index >= 15 is 0 Å². The summed E-state index contributed by atoms with van der Waals surface area (Å²) in [5.41, 5.74) is 1.85. The van der Waals surface area contributed by atoms with Crippen LogP contribution in [0.25, 0.3) is 10.9 Å². The van der Waals surface area contributed by atoms with Crippen molar-refractivity contribution in [3.05, 3.63) is 35.5 Å². The highest BCUT2D eigenvalue weighted by atomic mass is 19.4. The van der Waals surface area contributed by atoms with E-state index in [4.69, 9.17) is 24.6 Å². The van der Waals surface area contributed by atoms with E-state index in [1.165, 1.54) is 0 Å². The number of hydrogen-bond acceptors (Lipinski definition) is 6. The third kappa shape index (κ3) is 5.15. The molecule has 2 fully saturated rings. The van der Waals surface area contributed by atoms with Gasteiger partial charge in [0.2, 0.25) is 0 Å². The average Bonchev–Trinajstić information content (AvgIpc) is 3.11. The summed E-state index contributed by atoms with van der Waals surface area (Å²) < 4.78 is 43.1. The number of ether oxygens (including phenoxy) is 2. The van der Waals surface area contributed by atoms with Gasteiger partial charge in [0.15, 0.2) is 0 Å². The maximum Gasteiger partial charge on any atom is 0.490 e. The number of nitriles is 1. The molecule has 2 N–H and O–H groups in total. The molecule has 0 spiro atoms. The molecule has 0 saturated carbocycles. The number of piperidine rings is 1. The Morgan fingerprint density at radius 3 is 2.45 bits per heavy atom. The highest BCUT2D eigenvalue weighted by Gasteiger charge is 2.39. The summed E-state index contributed by atoms with van der Waals surface area (Å²) in [7, 11) is 2.11. The van der Waals surface area contributed by atoms with Gasteiger partial charge in [-0.3, -0.25) is 4.90 Å². The summed E-state index contributed by atoms with van der Waals surface area (Å²) in [5.74, 6) is -3.09. The number of carbonyl (C=O) groups is 2. The van der Waals surface area contributed by atoms with Crippen LogP contribution in [0.15, 0.2) is 24.4 Å². The van der Waals surface area contributed by atoms with Crippen LogP contribution in [-0.2, 0) is 14.3 Å². The number of fused-ring (bicyclic) bond motifs is 3. The molecule has 31 heavy (non-hydrogen) atoms. The van der Waals surface area contributed by atoms with Crippen LogP contribution in [0.2, 0.25) is 0 Å². The molecule has 2 saturated heterocycles. The summed E-state index contributed by atoms with van der Waals surface area (Å²) in [6, 6.07) is 7.98. The maximum absolute atomic E-state index is 12.6. The zero-order valence-electron chi connectivity index (χ0n) is 16.5. The number of alkyl halides is 3. The number of morpholine rings is 1. The monoisotopic (exact) mass is 439 g/mol. The molecule has 0 aliphatic carbocycles. The van der Waals surface area contributed by atoms with Crippen molar-refractivity contribution in [3.8, 4) is 6.07 Å². The molecule has 166 valence electrons. The number of H-pyrrole nitrogens is 1. The average molecular weight is 439 g/mol.